The van der Waals surface area contributed by atoms with E-state index in [1.165, 1.54) is 11.9 Å². The first-order chi connectivity index (χ1) is 17.8. The first kappa shape index (κ1) is 25.7. The van der Waals surface area contributed by atoms with Gasteiger partial charge in [-0.3, -0.25) is 4.79 Å². The molecule has 1 amide bonds. The van der Waals surface area contributed by atoms with E-state index in [0.29, 0.717) is 13.2 Å². The van der Waals surface area contributed by atoms with Gasteiger partial charge in [-0.25, -0.2) is 8.42 Å². The number of hydrogen-bond donors (Lipinski definition) is 2. The first-order valence-electron chi connectivity index (χ1n) is 12.7. The summed E-state index contributed by atoms with van der Waals surface area (Å²) in [6, 6.07) is 13.0. The molecule has 1 aromatic heterocycles. The lowest BCUT2D eigenvalue weighted by molar-refractivity contribution is -0.141. The number of morpholine rings is 1. The second-order valence-electron chi connectivity index (χ2n) is 9.91. The number of benzene rings is 2. The number of carbonyl (C=O) groups excluding carboxylic acids is 1. The maximum atomic E-state index is 13.6. The molecular formula is C27H34N4O5S. The fraction of sp³-hybridized carbons (Fsp3) is 0.444. The van der Waals surface area contributed by atoms with Gasteiger partial charge in [0.1, 0.15) is 0 Å². The van der Waals surface area contributed by atoms with Gasteiger partial charge in [0.15, 0.2) is 0 Å². The number of aromatic nitrogens is 1. The predicted molar refractivity (Wildman–Crippen MR) is 143 cm³/mol. The third-order valence-corrected chi connectivity index (χ3v) is 9.11. The van der Waals surface area contributed by atoms with E-state index in [1.807, 2.05) is 13.0 Å². The summed E-state index contributed by atoms with van der Waals surface area (Å²) in [5.74, 6) is -0.353. The van der Waals surface area contributed by atoms with E-state index in [-0.39, 0.29) is 30.6 Å². The second kappa shape index (κ2) is 10.4. The zero-order valence-electron chi connectivity index (χ0n) is 21.3. The fourth-order valence-electron chi connectivity index (χ4n) is 5.19. The molecule has 3 aromatic rings. The molecule has 0 aliphatic carbocycles. The lowest BCUT2D eigenvalue weighted by Crippen LogP contribution is -2.53. The number of sulfonamides is 1. The lowest BCUT2D eigenvalue weighted by Gasteiger charge is -2.35. The molecule has 2 aromatic carbocycles. The van der Waals surface area contributed by atoms with Crippen molar-refractivity contribution in [2.75, 3.05) is 57.9 Å². The zero-order chi connectivity index (χ0) is 26.2. The van der Waals surface area contributed by atoms with Crippen LogP contribution in [-0.2, 0) is 19.6 Å². The monoisotopic (exact) mass is 526 g/mol. The third kappa shape index (κ3) is 5.11. The van der Waals surface area contributed by atoms with Gasteiger partial charge in [-0.05, 0) is 55.7 Å². The zero-order valence-corrected chi connectivity index (χ0v) is 22.1. The van der Waals surface area contributed by atoms with Crippen LogP contribution in [0, 0.1) is 6.92 Å². The topological polar surface area (TPSA) is 106 Å². The van der Waals surface area contributed by atoms with Crippen molar-refractivity contribution in [3.63, 3.8) is 0 Å². The number of nitrogens with zero attached hydrogens (tertiary/aromatic N) is 3. The van der Waals surface area contributed by atoms with E-state index in [1.54, 1.807) is 12.1 Å². The minimum absolute atomic E-state index is 0.135. The van der Waals surface area contributed by atoms with Crippen molar-refractivity contribution < 1.29 is 23.1 Å². The molecule has 37 heavy (non-hydrogen) atoms. The van der Waals surface area contributed by atoms with E-state index in [0.717, 1.165) is 63.6 Å². The van der Waals surface area contributed by atoms with Crippen molar-refractivity contribution >= 4 is 32.5 Å². The van der Waals surface area contributed by atoms with Gasteiger partial charge in [0.05, 0.1) is 37.3 Å². The lowest BCUT2D eigenvalue weighted by atomic mass is 10.1. The molecule has 9 nitrogen and oxygen atoms in total. The van der Waals surface area contributed by atoms with Gasteiger partial charge in [0.25, 0.3) is 0 Å². The number of amides is 1. The molecule has 3 heterocycles. The molecule has 198 valence electrons. The molecule has 0 spiro atoms. The van der Waals surface area contributed by atoms with E-state index in [2.05, 4.69) is 34.1 Å². The number of ether oxygens (including phenoxy) is 1. The smallest absolute Gasteiger partial charge is 0.243 e. The van der Waals surface area contributed by atoms with Gasteiger partial charge < -0.3 is 24.6 Å². The second-order valence-corrected chi connectivity index (χ2v) is 12.0. The van der Waals surface area contributed by atoms with Crippen LogP contribution in [0.1, 0.15) is 18.4 Å². The van der Waals surface area contributed by atoms with E-state index in [9.17, 15) is 18.3 Å². The Balaban J connectivity index is 1.47. The number of H-pyrrole nitrogens is 1. The highest BCUT2D eigenvalue weighted by Gasteiger charge is 2.31. The van der Waals surface area contributed by atoms with E-state index < -0.39 is 16.1 Å². The Hall–Kier alpha value is -2.92. The maximum Gasteiger partial charge on any atom is 0.243 e. The summed E-state index contributed by atoms with van der Waals surface area (Å²) in [6.07, 6.45) is 2.21. The molecule has 10 heteroatoms. The van der Waals surface area contributed by atoms with Gasteiger partial charge >= 0.3 is 0 Å². The normalized spacial score (nSPS) is 18.8. The first-order valence-corrected chi connectivity index (χ1v) is 14.1. The van der Waals surface area contributed by atoms with E-state index >= 15 is 0 Å². The minimum atomic E-state index is -3.94. The van der Waals surface area contributed by atoms with Crippen LogP contribution in [0.4, 0.5) is 5.69 Å². The van der Waals surface area contributed by atoms with Gasteiger partial charge in [0, 0.05) is 54.5 Å². The van der Waals surface area contributed by atoms with Crippen LogP contribution >= 0.6 is 0 Å². The van der Waals surface area contributed by atoms with Crippen molar-refractivity contribution in [2.24, 2.45) is 0 Å². The quantitative estimate of drug-likeness (QED) is 0.490. The molecule has 0 saturated carbocycles. The SMILES string of the molecule is Cc1ccc2cc(-c3cc(S(=O)(=O)N(C)CC(=O)N4CCOC[C@H]4CO)ccc3N3CCCC3)[nH]c2c1. The molecule has 0 bridgehead atoms. The highest BCUT2D eigenvalue weighted by atomic mass is 32.2. The van der Waals surface area contributed by atoms with Crippen LogP contribution < -0.4 is 4.90 Å². The van der Waals surface area contributed by atoms with Crippen LogP contribution in [0.5, 0.6) is 0 Å². The molecule has 2 N–H and O–H groups in total. The predicted octanol–water partition coefficient (Wildman–Crippen LogP) is 2.58. The van der Waals surface area contributed by atoms with Crippen molar-refractivity contribution in [1.82, 2.24) is 14.2 Å². The number of fused-ring (bicyclic) bond motifs is 1. The number of rotatable bonds is 7. The number of aliphatic hydroxyl groups excluding tert-OH is 1. The molecule has 5 rings (SSSR count). The summed E-state index contributed by atoms with van der Waals surface area (Å²) in [5.41, 5.74) is 4.83. The Labute approximate surface area is 217 Å². The highest BCUT2D eigenvalue weighted by Crippen LogP contribution is 2.36. The Kier molecular flexibility index (Phi) is 7.26. The number of hydrogen-bond acceptors (Lipinski definition) is 6. The number of likely N-dealkylation sites (N-methyl/N-ethyl adjacent to an activating group) is 1. The van der Waals surface area contributed by atoms with Crippen LogP contribution in [0.25, 0.3) is 22.2 Å². The van der Waals surface area contributed by atoms with Crippen molar-refractivity contribution in [3.8, 4) is 11.3 Å². The van der Waals surface area contributed by atoms with Crippen molar-refractivity contribution in [3.05, 3.63) is 48.0 Å². The summed E-state index contributed by atoms with van der Waals surface area (Å²) in [7, 11) is -2.53. The Bertz CT molecular complexity index is 1400. The Morgan fingerprint density at radius 3 is 2.68 bits per heavy atom. The third-order valence-electron chi connectivity index (χ3n) is 7.31. The van der Waals surface area contributed by atoms with Gasteiger partial charge in [-0.2, -0.15) is 4.31 Å². The van der Waals surface area contributed by atoms with Gasteiger partial charge in [-0.15, -0.1) is 0 Å². The number of aliphatic hydroxyl groups is 1. The summed E-state index contributed by atoms with van der Waals surface area (Å²) in [6.45, 7) is 4.29. The van der Waals surface area contributed by atoms with E-state index in [4.69, 9.17) is 4.74 Å². The largest absolute Gasteiger partial charge is 0.394 e. The summed E-state index contributed by atoms with van der Waals surface area (Å²) < 4.78 is 33.6. The molecule has 2 aliphatic heterocycles. The summed E-state index contributed by atoms with van der Waals surface area (Å²) in [4.78, 5) is 20.4. The van der Waals surface area contributed by atoms with Crippen LogP contribution in [-0.4, -0.2) is 92.7 Å². The summed E-state index contributed by atoms with van der Waals surface area (Å²) >= 11 is 0. The molecule has 0 unspecified atom stereocenters. The Morgan fingerprint density at radius 1 is 1.14 bits per heavy atom. The highest BCUT2D eigenvalue weighted by molar-refractivity contribution is 7.89. The van der Waals surface area contributed by atoms with Crippen LogP contribution in [0.3, 0.4) is 0 Å². The molecular weight excluding hydrogens is 492 g/mol. The number of carbonyl (C=O) groups is 1. The number of aromatic amines is 1. The maximum absolute atomic E-state index is 13.6. The number of aryl methyl sites for hydroxylation is 1. The van der Waals surface area contributed by atoms with Crippen LogP contribution in [0.15, 0.2) is 47.4 Å². The van der Waals surface area contributed by atoms with Crippen LogP contribution in [0.2, 0.25) is 0 Å². The van der Waals surface area contributed by atoms with Crippen molar-refractivity contribution in [2.45, 2.75) is 30.7 Å². The fourth-order valence-corrected chi connectivity index (χ4v) is 6.34. The number of nitrogens with one attached hydrogen (secondary N) is 1. The molecule has 1 atom stereocenters. The molecule has 2 aliphatic rings. The molecule has 2 fully saturated rings. The molecule has 2 saturated heterocycles. The summed E-state index contributed by atoms with van der Waals surface area (Å²) in [5, 5.41) is 10.7. The Morgan fingerprint density at radius 2 is 1.92 bits per heavy atom. The standard InChI is InChI=1S/C27H34N4O5S/c1-19-5-6-20-14-25(28-24(20)13-19)23-15-22(7-8-26(23)30-9-3-4-10-30)37(34,35)29(2)16-27(33)31-11-12-36-18-21(31)17-32/h5-8,13-15,21,28,32H,3-4,9-12,16-18H2,1-2H3/t21-/m1/s1. The average molecular weight is 527 g/mol. The number of anilines is 1. The van der Waals surface area contributed by atoms with Gasteiger partial charge in [-0.1, -0.05) is 12.1 Å². The minimum Gasteiger partial charge on any atom is -0.394 e. The van der Waals surface area contributed by atoms with Crippen molar-refractivity contribution in [1.29, 1.82) is 0 Å². The molecule has 0 radical (unpaired) electrons. The average Bonchev–Trinajstić information content (AvgIpc) is 3.58. The van der Waals surface area contributed by atoms with Gasteiger partial charge in [0.2, 0.25) is 15.9 Å².